The number of amides is 1. The summed E-state index contributed by atoms with van der Waals surface area (Å²) in [6, 6.07) is -0.745. The van der Waals surface area contributed by atoms with E-state index < -0.39 is 12.0 Å². The molecule has 0 saturated carbocycles. The van der Waals surface area contributed by atoms with Gasteiger partial charge in [-0.2, -0.15) is 0 Å². The quantitative estimate of drug-likeness (QED) is 0.690. The number of aliphatic carboxylic acids is 1. The largest absolute Gasteiger partial charge is 0.480 e. The average molecular weight is 213 g/mol. The Kier molecular flexibility index (Phi) is 3.82. The number of ketones is 1. The summed E-state index contributed by atoms with van der Waals surface area (Å²) in [4.78, 5) is 34.5. The van der Waals surface area contributed by atoms with Crippen molar-refractivity contribution in [2.45, 2.75) is 38.6 Å². The van der Waals surface area contributed by atoms with Crippen molar-refractivity contribution in [1.82, 2.24) is 4.90 Å². The summed E-state index contributed by atoms with van der Waals surface area (Å²) < 4.78 is 0. The lowest BCUT2D eigenvalue weighted by atomic mass is 10.0. The Hall–Kier alpha value is -1.39. The molecule has 1 rings (SSSR count). The molecule has 0 radical (unpaired) electrons. The molecule has 0 aromatic heterocycles. The van der Waals surface area contributed by atoms with Gasteiger partial charge in [0.25, 0.3) is 0 Å². The number of hydrogen-bond acceptors (Lipinski definition) is 3. The maximum Gasteiger partial charge on any atom is 0.326 e. The van der Waals surface area contributed by atoms with Gasteiger partial charge < -0.3 is 10.0 Å². The molecule has 5 heteroatoms. The van der Waals surface area contributed by atoms with Gasteiger partial charge in [0.05, 0.1) is 6.42 Å². The van der Waals surface area contributed by atoms with Gasteiger partial charge in [0.1, 0.15) is 11.8 Å². The van der Waals surface area contributed by atoms with Gasteiger partial charge in [-0.3, -0.25) is 9.59 Å². The fourth-order valence-electron chi connectivity index (χ4n) is 1.80. The van der Waals surface area contributed by atoms with Gasteiger partial charge in [0.15, 0.2) is 0 Å². The molecule has 15 heavy (non-hydrogen) atoms. The Morgan fingerprint density at radius 2 is 2.00 bits per heavy atom. The van der Waals surface area contributed by atoms with Crippen LogP contribution in [0.5, 0.6) is 0 Å². The summed E-state index contributed by atoms with van der Waals surface area (Å²) in [5.41, 5.74) is 0. The number of carboxylic acid groups (broad SMARTS) is 1. The molecular weight excluding hydrogens is 198 g/mol. The number of likely N-dealkylation sites (tertiary alicyclic amines) is 1. The van der Waals surface area contributed by atoms with Crippen molar-refractivity contribution in [3.8, 4) is 0 Å². The van der Waals surface area contributed by atoms with Crippen LogP contribution in [0.1, 0.15) is 32.6 Å². The normalized spacial score (nSPS) is 21.1. The van der Waals surface area contributed by atoms with Crippen LogP contribution in [-0.4, -0.2) is 40.3 Å². The number of hydrogen-bond donors (Lipinski definition) is 1. The molecule has 1 heterocycles. The second-order valence-electron chi connectivity index (χ2n) is 3.82. The zero-order valence-electron chi connectivity index (χ0n) is 8.73. The number of carbonyl (C=O) groups is 3. The summed E-state index contributed by atoms with van der Waals surface area (Å²) >= 11 is 0. The van der Waals surface area contributed by atoms with E-state index in [4.69, 9.17) is 5.11 Å². The molecule has 1 fully saturated rings. The van der Waals surface area contributed by atoms with Crippen LogP contribution in [0.25, 0.3) is 0 Å². The van der Waals surface area contributed by atoms with E-state index in [2.05, 4.69) is 0 Å². The Morgan fingerprint density at radius 3 is 2.53 bits per heavy atom. The van der Waals surface area contributed by atoms with Crippen molar-refractivity contribution in [2.24, 2.45) is 0 Å². The molecule has 0 bridgehead atoms. The second-order valence-corrected chi connectivity index (χ2v) is 3.82. The standard InChI is InChI=1S/C10H15NO4/c1-7(12)6-9(13)11-5-3-2-4-8(11)10(14)15/h8H,2-6H2,1H3,(H,14,15). The third kappa shape index (κ3) is 3.04. The zero-order valence-corrected chi connectivity index (χ0v) is 8.73. The Morgan fingerprint density at radius 1 is 1.33 bits per heavy atom. The van der Waals surface area contributed by atoms with Crippen molar-refractivity contribution < 1.29 is 19.5 Å². The van der Waals surface area contributed by atoms with Crippen molar-refractivity contribution in [3.05, 3.63) is 0 Å². The first kappa shape index (κ1) is 11.7. The van der Waals surface area contributed by atoms with E-state index in [1.54, 1.807) is 0 Å². The van der Waals surface area contributed by atoms with Crippen molar-refractivity contribution in [3.63, 3.8) is 0 Å². The van der Waals surface area contributed by atoms with Crippen LogP contribution in [0.2, 0.25) is 0 Å². The van der Waals surface area contributed by atoms with E-state index in [0.717, 1.165) is 12.8 Å². The first-order chi connectivity index (χ1) is 7.02. The van der Waals surface area contributed by atoms with Crippen LogP contribution < -0.4 is 0 Å². The SMILES string of the molecule is CC(=O)CC(=O)N1CCCCC1C(=O)O. The highest BCUT2D eigenvalue weighted by atomic mass is 16.4. The van der Waals surface area contributed by atoms with E-state index in [0.29, 0.717) is 13.0 Å². The molecular formula is C10H15NO4. The molecule has 0 spiro atoms. The van der Waals surface area contributed by atoms with Gasteiger partial charge in [-0.05, 0) is 26.2 Å². The lowest BCUT2D eigenvalue weighted by Crippen LogP contribution is -2.48. The number of carboxylic acids is 1. The topological polar surface area (TPSA) is 74.7 Å². The van der Waals surface area contributed by atoms with E-state index in [-0.39, 0.29) is 18.1 Å². The Bertz CT molecular complexity index is 287. The molecule has 1 aliphatic heterocycles. The number of rotatable bonds is 3. The number of nitrogens with zero attached hydrogens (tertiary/aromatic N) is 1. The lowest BCUT2D eigenvalue weighted by Gasteiger charge is -2.32. The van der Waals surface area contributed by atoms with Gasteiger partial charge in [-0.25, -0.2) is 4.79 Å². The molecule has 0 aliphatic carbocycles. The van der Waals surface area contributed by atoms with Crippen molar-refractivity contribution >= 4 is 17.7 Å². The van der Waals surface area contributed by atoms with Crippen LogP contribution >= 0.6 is 0 Å². The molecule has 0 aromatic rings. The van der Waals surface area contributed by atoms with E-state index in [9.17, 15) is 14.4 Å². The van der Waals surface area contributed by atoms with E-state index >= 15 is 0 Å². The smallest absolute Gasteiger partial charge is 0.326 e. The molecule has 1 saturated heterocycles. The molecule has 1 atom stereocenters. The molecule has 5 nitrogen and oxygen atoms in total. The average Bonchev–Trinajstić information content (AvgIpc) is 2.16. The van der Waals surface area contributed by atoms with Gasteiger partial charge >= 0.3 is 5.97 Å². The Labute approximate surface area is 88.1 Å². The minimum Gasteiger partial charge on any atom is -0.480 e. The third-order valence-corrected chi connectivity index (χ3v) is 2.51. The molecule has 1 aliphatic rings. The number of carbonyl (C=O) groups excluding carboxylic acids is 2. The van der Waals surface area contributed by atoms with Crippen LogP contribution in [0.15, 0.2) is 0 Å². The van der Waals surface area contributed by atoms with Crippen LogP contribution in [-0.2, 0) is 14.4 Å². The van der Waals surface area contributed by atoms with Crippen LogP contribution in [0.4, 0.5) is 0 Å². The first-order valence-electron chi connectivity index (χ1n) is 5.04. The van der Waals surface area contributed by atoms with Gasteiger partial charge in [-0.1, -0.05) is 0 Å². The summed E-state index contributed by atoms with van der Waals surface area (Å²) in [6.45, 7) is 1.78. The van der Waals surface area contributed by atoms with E-state index in [1.807, 2.05) is 0 Å². The van der Waals surface area contributed by atoms with Crippen molar-refractivity contribution in [1.29, 1.82) is 0 Å². The monoisotopic (exact) mass is 213 g/mol. The maximum atomic E-state index is 11.6. The predicted molar refractivity (Wildman–Crippen MR) is 52.3 cm³/mol. The molecule has 84 valence electrons. The highest BCUT2D eigenvalue weighted by Gasteiger charge is 2.31. The van der Waals surface area contributed by atoms with Crippen LogP contribution in [0, 0.1) is 0 Å². The fraction of sp³-hybridized carbons (Fsp3) is 0.700. The zero-order chi connectivity index (χ0) is 11.4. The van der Waals surface area contributed by atoms with E-state index in [1.165, 1.54) is 11.8 Å². The summed E-state index contributed by atoms with van der Waals surface area (Å²) in [7, 11) is 0. The Balaban J connectivity index is 2.67. The molecule has 0 aromatic carbocycles. The maximum absolute atomic E-state index is 11.6. The van der Waals surface area contributed by atoms with Crippen LogP contribution in [0.3, 0.4) is 0 Å². The highest BCUT2D eigenvalue weighted by molar-refractivity contribution is 5.98. The summed E-state index contributed by atoms with van der Waals surface area (Å²) in [5, 5.41) is 8.91. The second kappa shape index (κ2) is 4.91. The minimum absolute atomic E-state index is 0.191. The lowest BCUT2D eigenvalue weighted by molar-refractivity contribution is -0.152. The molecule has 1 N–H and O–H groups in total. The third-order valence-electron chi connectivity index (χ3n) is 2.51. The highest BCUT2D eigenvalue weighted by Crippen LogP contribution is 2.18. The first-order valence-corrected chi connectivity index (χ1v) is 5.04. The summed E-state index contributed by atoms with van der Waals surface area (Å²) in [5.74, 6) is -1.57. The number of piperidine rings is 1. The van der Waals surface area contributed by atoms with Gasteiger partial charge in [-0.15, -0.1) is 0 Å². The van der Waals surface area contributed by atoms with Gasteiger partial charge in [0.2, 0.25) is 5.91 Å². The summed E-state index contributed by atoms with van der Waals surface area (Å²) in [6.07, 6.45) is 1.93. The van der Waals surface area contributed by atoms with Crippen molar-refractivity contribution in [2.75, 3.05) is 6.54 Å². The fourth-order valence-corrected chi connectivity index (χ4v) is 1.80. The predicted octanol–water partition coefficient (Wildman–Crippen LogP) is 0.431. The molecule has 1 unspecified atom stereocenters. The number of Topliss-reactive ketones (excluding diaryl/α,β-unsaturated/α-hetero) is 1. The molecule has 1 amide bonds. The van der Waals surface area contributed by atoms with Gasteiger partial charge in [0, 0.05) is 6.54 Å². The minimum atomic E-state index is -0.980.